The van der Waals surface area contributed by atoms with Crippen LogP contribution in [0.1, 0.15) is 23.5 Å². The molecule has 1 aliphatic carbocycles. The minimum absolute atomic E-state index is 0.197. The number of aromatic nitrogens is 2. The second-order valence-electron chi connectivity index (χ2n) is 5.91. The summed E-state index contributed by atoms with van der Waals surface area (Å²) in [4.78, 5) is 19.7. The Morgan fingerprint density at radius 1 is 1.39 bits per heavy atom. The van der Waals surface area contributed by atoms with Gasteiger partial charge in [-0.25, -0.2) is 14.4 Å². The van der Waals surface area contributed by atoms with Gasteiger partial charge < -0.3 is 9.84 Å². The highest BCUT2D eigenvalue weighted by atomic mass is 19.1. The van der Waals surface area contributed by atoms with Gasteiger partial charge in [0.2, 0.25) is 0 Å². The number of hydrogen-bond acceptors (Lipinski definition) is 4. The van der Waals surface area contributed by atoms with Crippen LogP contribution in [0.2, 0.25) is 0 Å². The molecule has 0 radical (unpaired) electrons. The molecule has 0 spiro atoms. The minimum atomic E-state index is -0.866. The van der Waals surface area contributed by atoms with E-state index in [-0.39, 0.29) is 12.4 Å². The summed E-state index contributed by atoms with van der Waals surface area (Å²) in [5.41, 5.74) is 0.855. The molecule has 1 heterocycles. The van der Waals surface area contributed by atoms with E-state index in [4.69, 9.17) is 4.74 Å². The van der Waals surface area contributed by atoms with Crippen LogP contribution in [0.3, 0.4) is 0 Å². The van der Waals surface area contributed by atoms with E-state index in [1.165, 1.54) is 12.1 Å². The van der Waals surface area contributed by atoms with Crippen molar-refractivity contribution in [2.45, 2.75) is 25.7 Å². The molecular formula is C17H17FN2O3. The minimum Gasteiger partial charge on any atom is -0.489 e. The second-order valence-corrected chi connectivity index (χ2v) is 5.91. The lowest BCUT2D eigenvalue weighted by molar-refractivity contribution is -0.139. The summed E-state index contributed by atoms with van der Waals surface area (Å²) in [6, 6.07) is 5.93. The van der Waals surface area contributed by atoms with E-state index >= 15 is 0 Å². The zero-order valence-corrected chi connectivity index (χ0v) is 12.9. The molecule has 5 nitrogen and oxygen atoms in total. The van der Waals surface area contributed by atoms with Crippen LogP contribution in [0.5, 0.6) is 5.75 Å². The predicted octanol–water partition coefficient (Wildman–Crippen LogP) is 2.65. The second kappa shape index (κ2) is 5.61. The Kier molecular flexibility index (Phi) is 3.75. The van der Waals surface area contributed by atoms with Gasteiger partial charge >= 0.3 is 5.97 Å². The van der Waals surface area contributed by atoms with E-state index in [0.717, 1.165) is 5.56 Å². The van der Waals surface area contributed by atoms with Crippen LogP contribution in [0.4, 0.5) is 4.39 Å². The fraction of sp³-hybridized carbons (Fsp3) is 0.353. The summed E-state index contributed by atoms with van der Waals surface area (Å²) in [7, 11) is 0. The first kappa shape index (κ1) is 15.4. The maximum absolute atomic E-state index is 13.1. The molecule has 2 aromatic rings. The van der Waals surface area contributed by atoms with Crippen LogP contribution in [-0.2, 0) is 10.2 Å². The smallest absolute Gasteiger partial charge is 0.307 e. The number of carbonyl (C=O) groups is 1. The standard InChI is InChI=1S/C17H17FN2O3/c1-10-15(8-19-11(2)20-10)23-9-17(7-14(17)16(21)22)12-3-5-13(18)6-4-12/h3-6,8,14H,7,9H2,1-2H3,(H,21,22)/t14-,17+/m0/s1. The highest BCUT2D eigenvalue weighted by Gasteiger charge is 2.60. The molecule has 1 fully saturated rings. The van der Waals surface area contributed by atoms with Crippen LogP contribution in [0, 0.1) is 25.6 Å². The van der Waals surface area contributed by atoms with Gasteiger partial charge in [-0.1, -0.05) is 12.1 Å². The average molecular weight is 316 g/mol. The number of hydrogen-bond donors (Lipinski definition) is 1. The molecule has 1 saturated carbocycles. The first-order valence-corrected chi connectivity index (χ1v) is 7.34. The van der Waals surface area contributed by atoms with E-state index < -0.39 is 17.3 Å². The number of nitrogens with zero attached hydrogens (tertiary/aromatic N) is 2. The van der Waals surface area contributed by atoms with Gasteiger partial charge in [-0.2, -0.15) is 0 Å². The summed E-state index contributed by atoms with van der Waals surface area (Å²) in [5, 5.41) is 9.34. The monoisotopic (exact) mass is 316 g/mol. The molecule has 1 aromatic carbocycles. The highest BCUT2D eigenvalue weighted by Crippen LogP contribution is 2.54. The summed E-state index contributed by atoms with van der Waals surface area (Å²) in [6.07, 6.45) is 2.06. The molecule has 1 N–H and O–H groups in total. The lowest BCUT2D eigenvalue weighted by Crippen LogP contribution is -2.23. The van der Waals surface area contributed by atoms with Crippen molar-refractivity contribution in [1.29, 1.82) is 0 Å². The first-order valence-electron chi connectivity index (χ1n) is 7.34. The maximum Gasteiger partial charge on any atom is 0.307 e. The Labute approximate surface area is 133 Å². The third-order valence-electron chi connectivity index (χ3n) is 4.33. The Hall–Kier alpha value is -2.50. The van der Waals surface area contributed by atoms with Gasteiger partial charge in [0.05, 0.1) is 24.4 Å². The van der Waals surface area contributed by atoms with Crippen LogP contribution < -0.4 is 4.74 Å². The number of carboxylic acids is 1. The van der Waals surface area contributed by atoms with Crippen LogP contribution >= 0.6 is 0 Å². The van der Waals surface area contributed by atoms with E-state index in [0.29, 0.717) is 23.7 Å². The molecule has 2 atom stereocenters. The zero-order chi connectivity index (χ0) is 16.6. The van der Waals surface area contributed by atoms with Crippen molar-refractivity contribution < 1.29 is 19.0 Å². The van der Waals surface area contributed by atoms with Crippen molar-refractivity contribution in [2.75, 3.05) is 6.61 Å². The molecule has 120 valence electrons. The van der Waals surface area contributed by atoms with Gasteiger partial charge in [-0.3, -0.25) is 4.79 Å². The topological polar surface area (TPSA) is 72.3 Å². The van der Waals surface area contributed by atoms with E-state index in [9.17, 15) is 14.3 Å². The number of ether oxygens (including phenoxy) is 1. The molecule has 1 aliphatic rings. The lowest BCUT2D eigenvalue weighted by Gasteiger charge is -2.18. The predicted molar refractivity (Wildman–Crippen MR) is 80.8 cm³/mol. The van der Waals surface area contributed by atoms with E-state index in [2.05, 4.69) is 9.97 Å². The SMILES string of the molecule is Cc1ncc(OC[C@@]2(c3ccc(F)cc3)C[C@H]2C(=O)O)c(C)n1. The zero-order valence-electron chi connectivity index (χ0n) is 12.9. The molecule has 0 bridgehead atoms. The Balaban J connectivity index is 1.83. The van der Waals surface area contributed by atoms with Crippen LogP contribution in [0.25, 0.3) is 0 Å². The van der Waals surface area contributed by atoms with Crippen LogP contribution in [0.15, 0.2) is 30.5 Å². The van der Waals surface area contributed by atoms with Gasteiger partial charge in [0.25, 0.3) is 0 Å². The van der Waals surface area contributed by atoms with E-state index in [1.54, 1.807) is 25.3 Å². The first-order chi connectivity index (χ1) is 10.9. The molecule has 0 aliphatic heterocycles. The molecule has 0 amide bonds. The van der Waals surface area contributed by atoms with Gasteiger partial charge in [-0.15, -0.1) is 0 Å². The van der Waals surface area contributed by atoms with Crippen molar-refractivity contribution in [3.63, 3.8) is 0 Å². The highest BCUT2D eigenvalue weighted by molar-refractivity contribution is 5.77. The molecular weight excluding hydrogens is 299 g/mol. The number of benzene rings is 1. The lowest BCUT2D eigenvalue weighted by atomic mass is 9.94. The number of aliphatic carboxylic acids is 1. The molecule has 3 rings (SSSR count). The average Bonchev–Trinajstić information content (AvgIpc) is 3.23. The Morgan fingerprint density at radius 2 is 2.09 bits per heavy atom. The number of rotatable bonds is 5. The number of aryl methyl sites for hydroxylation is 2. The molecule has 1 aromatic heterocycles. The fourth-order valence-electron chi connectivity index (χ4n) is 2.89. The fourth-order valence-corrected chi connectivity index (χ4v) is 2.89. The summed E-state index contributed by atoms with van der Waals surface area (Å²) >= 11 is 0. The van der Waals surface area contributed by atoms with Crippen LogP contribution in [-0.4, -0.2) is 27.7 Å². The molecule has 23 heavy (non-hydrogen) atoms. The largest absolute Gasteiger partial charge is 0.489 e. The Morgan fingerprint density at radius 3 is 2.65 bits per heavy atom. The van der Waals surface area contributed by atoms with Gasteiger partial charge in [0.15, 0.2) is 5.75 Å². The van der Waals surface area contributed by atoms with Crippen molar-refractivity contribution in [2.24, 2.45) is 5.92 Å². The van der Waals surface area contributed by atoms with Crippen molar-refractivity contribution >= 4 is 5.97 Å². The van der Waals surface area contributed by atoms with Crippen molar-refractivity contribution in [3.8, 4) is 5.75 Å². The quantitative estimate of drug-likeness (QED) is 0.918. The molecule has 0 unspecified atom stereocenters. The summed E-state index contributed by atoms with van der Waals surface area (Å²) in [6.45, 7) is 3.80. The third kappa shape index (κ3) is 2.88. The van der Waals surface area contributed by atoms with Gasteiger partial charge in [-0.05, 0) is 38.0 Å². The Bertz CT molecular complexity index is 748. The normalized spacial score (nSPS) is 22.7. The number of halogens is 1. The van der Waals surface area contributed by atoms with Gasteiger partial charge in [0, 0.05) is 5.41 Å². The summed E-state index contributed by atoms with van der Waals surface area (Å²) in [5.74, 6) is -0.555. The third-order valence-corrected chi connectivity index (χ3v) is 4.33. The number of carboxylic acid groups (broad SMARTS) is 1. The van der Waals surface area contributed by atoms with Crippen molar-refractivity contribution in [3.05, 3.63) is 53.4 Å². The van der Waals surface area contributed by atoms with E-state index in [1.807, 2.05) is 6.92 Å². The maximum atomic E-state index is 13.1. The van der Waals surface area contributed by atoms with Gasteiger partial charge in [0.1, 0.15) is 11.6 Å². The molecule has 6 heteroatoms. The summed E-state index contributed by atoms with van der Waals surface area (Å²) < 4.78 is 18.9. The van der Waals surface area contributed by atoms with Crippen molar-refractivity contribution in [1.82, 2.24) is 9.97 Å². The molecule has 0 saturated heterocycles.